The first-order chi connectivity index (χ1) is 10.8. The van der Waals surface area contributed by atoms with Gasteiger partial charge in [-0.05, 0) is 37.1 Å². The molecule has 3 rings (SSSR count). The Morgan fingerprint density at radius 2 is 2.32 bits per heavy atom. The first kappa shape index (κ1) is 14.5. The first-order valence-corrected chi connectivity index (χ1v) is 7.63. The van der Waals surface area contributed by atoms with Gasteiger partial charge in [-0.25, -0.2) is 4.98 Å². The smallest absolute Gasteiger partial charge is 0.125 e. The summed E-state index contributed by atoms with van der Waals surface area (Å²) in [5.74, 6) is 1.49. The van der Waals surface area contributed by atoms with Crippen molar-refractivity contribution in [3.05, 3.63) is 42.4 Å². The van der Waals surface area contributed by atoms with Gasteiger partial charge < -0.3 is 10.2 Å². The van der Waals surface area contributed by atoms with E-state index in [1.54, 1.807) is 12.3 Å². The van der Waals surface area contributed by atoms with E-state index in [1.165, 1.54) is 6.42 Å². The average Bonchev–Trinajstić information content (AvgIpc) is 3.23. The molecule has 2 aromatic heterocycles. The van der Waals surface area contributed by atoms with Gasteiger partial charge in [0, 0.05) is 38.2 Å². The van der Waals surface area contributed by atoms with E-state index in [4.69, 9.17) is 5.26 Å². The molecule has 1 N–H and O–H groups in total. The van der Waals surface area contributed by atoms with Crippen LogP contribution in [0.5, 0.6) is 0 Å². The molecule has 0 saturated carbocycles. The number of hydrogen-bond acceptors (Lipinski definition) is 5. The number of aromatic nitrogens is 3. The summed E-state index contributed by atoms with van der Waals surface area (Å²) in [7, 11) is 0. The Morgan fingerprint density at radius 3 is 3.05 bits per heavy atom. The molecule has 2 aromatic rings. The van der Waals surface area contributed by atoms with E-state index in [2.05, 4.69) is 26.4 Å². The number of pyridine rings is 1. The molecule has 1 fully saturated rings. The van der Waals surface area contributed by atoms with Gasteiger partial charge in [0.05, 0.1) is 12.1 Å². The molecule has 6 heteroatoms. The molecule has 0 radical (unpaired) electrons. The van der Waals surface area contributed by atoms with Gasteiger partial charge in [0.1, 0.15) is 11.9 Å². The van der Waals surface area contributed by atoms with Crippen LogP contribution in [0.25, 0.3) is 0 Å². The maximum atomic E-state index is 8.76. The molecule has 6 nitrogen and oxygen atoms in total. The lowest BCUT2D eigenvalue weighted by molar-refractivity contribution is 0.305. The largest absolute Gasteiger partial charge is 0.370 e. The molecule has 114 valence electrons. The van der Waals surface area contributed by atoms with E-state index in [-0.39, 0.29) is 0 Å². The van der Waals surface area contributed by atoms with Crippen LogP contribution in [-0.2, 0) is 6.54 Å². The minimum absolute atomic E-state index is 0.594. The second kappa shape index (κ2) is 7.05. The second-order valence-electron chi connectivity index (χ2n) is 5.65. The van der Waals surface area contributed by atoms with Crippen molar-refractivity contribution in [2.45, 2.75) is 13.0 Å². The Labute approximate surface area is 130 Å². The number of anilines is 1. The fraction of sp³-hybridized carbons (Fsp3) is 0.438. The predicted molar refractivity (Wildman–Crippen MR) is 84.2 cm³/mol. The highest BCUT2D eigenvalue weighted by Crippen LogP contribution is 2.16. The number of nitrogens with zero attached hydrogens (tertiary/aromatic N) is 5. The van der Waals surface area contributed by atoms with E-state index in [0.29, 0.717) is 11.5 Å². The van der Waals surface area contributed by atoms with Crippen LogP contribution in [0, 0.1) is 17.2 Å². The molecule has 0 bridgehead atoms. The van der Waals surface area contributed by atoms with E-state index in [9.17, 15) is 0 Å². The molecule has 0 aromatic carbocycles. The third-order valence-corrected chi connectivity index (χ3v) is 4.04. The maximum Gasteiger partial charge on any atom is 0.125 e. The number of rotatable bonds is 6. The van der Waals surface area contributed by atoms with Crippen LogP contribution < -0.4 is 5.32 Å². The summed E-state index contributed by atoms with van der Waals surface area (Å²) in [6.07, 6.45) is 6.64. The van der Waals surface area contributed by atoms with E-state index >= 15 is 0 Å². The molecule has 1 atom stereocenters. The van der Waals surface area contributed by atoms with Crippen molar-refractivity contribution in [2.24, 2.45) is 5.92 Å². The number of hydrogen-bond donors (Lipinski definition) is 1. The monoisotopic (exact) mass is 296 g/mol. The number of nitriles is 1. The van der Waals surface area contributed by atoms with Crippen LogP contribution in [0.3, 0.4) is 0 Å². The minimum atomic E-state index is 0.594. The molecule has 1 aliphatic heterocycles. The highest BCUT2D eigenvalue weighted by molar-refractivity contribution is 5.38. The molecule has 0 spiro atoms. The van der Waals surface area contributed by atoms with Crippen molar-refractivity contribution in [2.75, 3.05) is 31.5 Å². The second-order valence-corrected chi connectivity index (χ2v) is 5.65. The van der Waals surface area contributed by atoms with Crippen LogP contribution in [0.1, 0.15) is 12.0 Å². The van der Waals surface area contributed by atoms with Crippen molar-refractivity contribution >= 4 is 5.82 Å². The zero-order chi connectivity index (χ0) is 15.2. The lowest BCUT2D eigenvalue weighted by Gasteiger charge is -2.16. The van der Waals surface area contributed by atoms with Crippen molar-refractivity contribution < 1.29 is 0 Å². The number of likely N-dealkylation sites (tertiary alicyclic amines) is 1. The Balaban J connectivity index is 1.40. The van der Waals surface area contributed by atoms with Gasteiger partial charge >= 0.3 is 0 Å². The van der Waals surface area contributed by atoms with Gasteiger partial charge in [-0.2, -0.15) is 10.4 Å². The third-order valence-electron chi connectivity index (χ3n) is 4.04. The van der Waals surface area contributed by atoms with Crippen molar-refractivity contribution in [3.63, 3.8) is 0 Å². The predicted octanol–water partition coefficient (Wildman–Crippen LogP) is 1.58. The Morgan fingerprint density at radius 1 is 1.36 bits per heavy atom. The quantitative estimate of drug-likeness (QED) is 0.876. The van der Waals surface area contributed by atoms with Crippen LogP contribution in [0.4, 0.5) is 5.82 Å². The summed E-state index contributed by atoms with van der Waals surface area (Å²) >= 11 is 0. The number of nitrogens with one attached hydrogen (secondary N) is 1. The van der Waals surface area contributed by atoms with Crippen LogP contribution in [0.2, 0.25) is 0 Å². The normalized spacial score (nSPS) is 18.2. The molecule has 0 amide bonds. The summed E-state index contributed by atoms with van der Waals surface area (Å²) in [5, 5.41) is 16.4. The Bertz CT molecular complexity index is 613. The van der Waals surface area contributed by atoms with Crippen molar-refractivity contribution in [1.82, 2.24) is 19.7 Å². The third kappa shape index (κ3) is 3.83. The average molecular weight is 296 g/mol. The molecular formula is C16H20N6. The highest BCUT2D eigenvalue weighted by Gasteiger charge is 2.21. The first-order valence-electron chi connectivity index (χ1n) is 7.63. The summed E-state index contributed by atoms with van der Waals surface area (Å²) in [5.41, 5.74) is 0.594. The van der Waals surface area contributed by atoms with Gasteiger partial charge in [0.25, 0.3) is 0 Å². The Hall–Kier alpha value is -2.39. The van der Waals surface area contributed by atoms with Crippen LogP contribution in [-0.4, -0.2) is 45.8 Å². The molecule has 0 unspecified atom stereocenters. The lowest BCUT2D eigenvalue weighted by atomic mass is 10.1. The summed E-state index contributed by atoms with van der Waals surface area (Å²) in [6.45, 7) is 5.19. The minimum Gasteiger partial charge on any atom is -0.370 e. The lowest BCUT2D eigenvalue weighted by Crippen LogP contribution is -2.26. The van der Waals surface area contributed by atoms with Gasteiger partial charge in [-0.3, -0.25) is 4.68 Å². The van der Waals surface area contributed by atoms with Gasteiger partial charge in [0.2, 0.25) is 0 Å². The fourth-order valence-electron chi connectivity index (χ4n) is 2.77. The molecule has 22 heavy (non-hydrogen) atoms. The standard InChI is InChI=1S/C16H20N6/c17-10-14-2-3-16(18-11-14)19-12-15-4-7-21(13-15)8-9-22-6-1-5-20-22/h1-3,5-6,11,15H,4,7-9,12-13H2,(H,18,19)/t15-/m1/s1. The SMILES string of the molecule is N#Cc1ccc(NC[C@H]2CCN(CCn3cccn3)C2)nc1. The van der Waals surface area contributed by atoms with Crippen LogP contribution >= 0.6 is 0 Å². The van der Waals surface area contributed by atoms with Crippen LogP contribution in [0.15, 0.2) is 36.8 Å². The van der Waals surface area contributed by atoms with Gasteiger partial charge in [0.15, 0.2) is 0 Å². The summed E-state index contributed by atoms with van der Waals surface area (Å²) in [6, 6.07) is 7.69. The van der Waals surface area contributed by atoms with E-state index in [1.807, 2.05) is 29.2 Å². The highest BCUT2D eigenvalue weighted by atomic mass is 15.3. The molecular weight excluding hydrogens is 276 g/mol. The Kier molecular flexibility index (Phi) is 4.66. The molecule has 1 saturated heterocycles. The van der Waals surface area contributed by atoms with E-state index in [0.717, 1.165) is 38.5 Å². The van der Waals surface area contributed by atoms with Gasteiger partial charge in [-0.15, -0.1) is 0 Å². The van der Waals surface area contributed by atoms with Crippen molar-refractivity contribution in [1.29, 1.82) is 5.26 Å². The maximum absolute atomic E-state index is 8.76. The molecule has 3 heterocycles. The zero-order valence-corrected chi connectivity index (χ0v) is 12.5. The fourth-order valence-corrected chi connectivity index (χ4v) is 2.77. The molecule has 0 aliphatic carbocycles. The van der Waals surface area contributed by atoms with E-state index < -0.39 is 0 Å². The summed E-state index contributed by atoms with van der Waals surface area (Å²) in [4.78, 5) is 6.73. The van der Waals surface area contributed by atoms with Crippen molar-refractivity contribution in [3.8, 4) is 6.07 Å². The topological polar surface area (TPSA) is 69.8 Å². The van der Waals surface area contributed by atoms with Gasteiger partial charge in [-0.1, -0.05) is 0 Å². The molecule has 1 aliphatic rings. The summed E-state index contributed by atoms with van der Waals surface area (Å²) < 4.78 is 1.98. The zero-order valence-electron chi connectivity index (χ0n) is 12.5.